The van der Waals surface area contributed by atoms with Gasteiger partial charge in [0.15, 0.2) is 0 Å². The summed E-state index contributed by atoms with van der Waals surface area (Å²) in [5, 5.41) is 7.17. The molecule has 126 valence electrons. The highest BCUT2D eigenvalue weighted by Crippen LogP contribution is 2.16. The van der Waals surface area contributed by atoms with Crippen molar-refractivity contribution in [2.75, 3.05) is 12.4 Å². The molecule has 1 N–H and O–H groups in total. The number of nitrogens with zero attached hydrogens (tertiary/aromatic N) is 2. The highest BCUT2D eigenvalue weighted by molar-refractivity contribution is 6.01. The predicted octanol–water partition coefficient (Wildman–Crippen LogP) is 1.82. The van der Waals surface area contributed by atoms with E-state index in [9.17, 15) is 14.4 Å². The van der Waals surface area contributed by atoms with Gasteiger partial charge in [-0.15, -0.1) is 0 Å². The van der Waals surface area contributed by atoms with Gasteiger partial charge in [-0.3, -0.25) is 14.3 Å². The molecule has 3 aromatic rings. The third-order valence-electron chi connectivity index (χ3n) is 3.66. The zero-order chi connectivity index (χ0) is 17.8. The van der Waals surface area contributed by atoms with Crippen molar-refractivity contribution in [3.63, 3.8) is 0 Å². The molecule has 1 heterocycles. The molecule has 1 aromatic heterocycles. The normalized spacial score (nSPS) is 10.4. The smallest absolute Gasteiger partial charge is 0.339 e. The summed E-state index contributed by atoms with van der Waals surface area (Å²) in [5.74, 6) is -0.916. The maximum atomic E-state index is 12.4. The Morgan fingerprint density at radius 1 is 1.12 bits per heavy atom. The lowest BCUT2D eigenvalue weighted by Crippen LogP contribution is -2.23. The van der Waals surface area contributed by atoms with Crippen LogP contribution in [0, 0.1) is 0 Å². The van der Waals surface area contributed by atoms with Gasteiger partial charge in [0, 0.05) is 5.39 Å². The van der Waals surface area contributed by atoms with E-state index < -0.39 is 5.97 Å². The summed E-state index contributed by atoms with van der Waals surface area (Å²) >= 11 is 0. The Balaban J connectivity index is 1.87. The van der Waals surface area contributed by atoms with Crippen LogP contribution >= 0.6 is 0 Å². The Labute approximate surface area is 142 Å². The lowest BCUT2D eigenvalue weighted by molar-refractivity contribution is -0.116. The van der Waals surface area contributed by atoms with Crippen molar-refractivity contribution in [3.8, 4) is 0 Å². The fourth-order valence-electron chi connectivity index (χ4n) is 2.49. The van der Waals surface area contributed by atoms with E-state index in [1.165, 1.54) is 18.0 Å². The molecule has 1 amide bonds. The van der Waals surface area contributed by atoms with Crippen molar-refractivity contribution in [3.05, 3.63) is 70.5 Å². The molecule has 0 atom stereocenters. The van der Waals surface area contributed by atoms with Crippen LogP contribution in [-0.4, -0.2) is 28.8 Å². The van der Waals surface area contributed by atoms with Crippen LogP contribution in [0.25, 0.3) is 10.9 Å². The Hall–Kier alpha value is -3.48. The first-order valence-corrected chi connectivity index (χ1v) is 7.52. The Kier molecular flexibility index (Phi) is 4.56. The van der Waals surface area contributed by atoms with Crippen LogP contribution < -0.4 is 10.7 Å². The lowest BCUT2D eigenvalue weighted by Gasteiger charge is -2.11. The number of hydrogen-bond acceptors (Lipinski definition) is 5. The van der Waals surface area contributed by atoms with Gasteiger partial charge >= 0.3 is 5.97 Å². The van der Waals surface area contributed by atoms with Gasteiger partial charge in [0.05, 0.1) is 30.1 Å². The summed E-state index contributed by atoms with van der Waals surface area (Å²) in [7, 11) is 1.28. The number of carbonyl (C=O) groups excluding carboxylic acids is 2. The van der Waals surface area contributed by atoms with Gasteiger partial charge in [-0.1, -0.05) is 24.3 Å². The van der Waals surface area contributed by atoms with Gasteiger partial charge in [-0.05, 0) is 24.3 Å². The Bertz CT molecular complexity index is 1010. The number of benzene rings is 2. The summed E-state index contributed by atoms with van der Waals surface area (Å²) in [4.78, 5) is 36.0. The highest BCUT2D eigenvalue weighted by atomic mass is 16.5. The second-order valence-electron chi connectivity index (χ2n) is 5.27. The van der Waals surface area contributed by atoms with E-state index in [0.717, 1.165) is 0 Å². The van der Waals surface area contributed by atoms with Gasteiger partial charge < -0.3 is 10.1 Å². The standard InChI is InChI=1S/C18H15N3O4/c1-25-18(24)12-6-2-4-8-14(12)20-17(23)11-21-15-9-5-3-7-13(15)16(22)10-19-21/h2-10H,11H2,1H3,(H,20,23). The molecule has 25 heavy (non-hydrogen) atoms. The molecule has 0 bridgehead atoms. The summed E-state index contributed by atoms with van der Waals surface area (Å²) < 4.78 is 6.14. The van der Waals surface area contributed by atoms with Crippen LogP contribution in [0.1, 0.15) is 10.4 Å². The van der Waals surface area contributed by atoms with Crippen molar-refractivity contribution in [2.45, 2.75) is 6.54 Å². The zero-order valence-corrected chi connectivity index (χ0v) is 13.4. The van der Waals surface area contributed by atoms with Gasteiger partial charge in [-0.2, -0.15) is 5.10 Å². The van der Waals surface area contributed by atoms with Crippen LogP contribution in [0.5, 0.6) is 0 Å². The molecule has 0 aliphatic rings. The van der Waals surface area contributed by atoms with Gasteiger partial charge in [0.2, 0.25) is 11.3 Å². The zero-order valence-electron chi connectivity index (χ0n) is 13.4. The molecule has 0 unspecified atom stereocenters. The van der Waals surface area contributed by atoms with Crippen LogP contribution in [0.15, 0.2) is 59.5 Å². The van der Waals surface area contributed by atoms with E-state index in [2.05, 4.69) is 10.4 Å². The van der Waals surface area contributed by atoms with Gasteiger partial charge in [-0.25, -0.2) is 4.79 Å². The van der Waals surface area contributed by atoms with E-state index in [1.807, 2.05) is 0 Å². The van der Waals surface area contributed by atoms with Crippen molar-refractivity contribution in [1.82, 2.24) is 9.78 Å². The quantitative estimate of drug-likeness (QED) is 0.734. The minimum absolute atomic E-state index is 0.101. The molecule has 0 fully saturated rings. The van der Waals surface area contributed by atoms with Crippen LogP contribution in [-0.2, 0) is 16.1 Å². The SMILES string of the molecule is COC(=O)c1ccccc1NC(=O)Cn1ncc(=O)c2ccccc21. The second kappa shape index (κ2) is 6.96. The van der Waals surface area contributed by atoms with Gasteiger partial charge in [0.1, 0.15) is 6.54 Å². The first-order valence-electron chi connectivity index (χ1n) is 7.52. The highest BCUT2D eigenvalue weighted by Gasteiger charge is 2.14. The van der Waals surface area contributed by atoms with E-state index in [-0.39, 0.29) is 23.4 Å². The van der Waals surface area contributed by atoms with Crippen LogP contribution in [0.2, 0.25) is 0 Å². The van der Waals surface area contributed by atoms with Crippen molar-refractivity contribution in [2.24, 2.45) is 0 Å². The molecular formula is C18H15N3O4. The molecule has 0 aliphatic heterocycles. The lowest BCUT2D eigenvalue weighted by atomic mass is 10.2. The number of nitrogens with one attached hydrogen (secondary N) is 1. The number of anilines is 1. The summed E-state index contributed by atoms with van der Waals surface area (Å²) in [6.07, 6.45) is 1.18. The maximum absolute atomic E-state index is 12.4. The van der Waals surface area contributed by atoms with E-state index in [1.54, 1.807) is 48.5 Å². The largest absolute Gasteiger partial charge is 0.465 e. The Morgan fingerprint density at radius 2 is 1.84 bits per heavy atom. The molecule has 0 saturated carbocycles. The average molecular weight is 337 g/mol. The number of ether oxygens (including phenoxy) is 1. The molecule has 0 saturated heterocycles. The van der Waals surface area contributed by atoms with Crippen molar-refractivity contribution in [1.29, 1.82) is 0 Å². The first kappa shape index (κ1) is 16.4. The Morgan fingerprint density at radius 3 is 2.64 bits per heavy atom. The topological polar surface area (TPSA) is 90.3 Å². The molecule has 2 aromatic carbocycles. The number of rotatable bonds is 4. The number of methoxy groups -OCH3 is 1. The summed E-state index contributed by atoms with van der Waals surface area (Å²) in [6, 6.07) is 13.5. The minimum Gasteiger partial charge on any atom is -0.465 e. The molecule has 0 radical (unpaired) electrons. The van der Waals surface area contributed by atoms with E-state index in [4.69, 9.17) is 4.74 Å². The first-order chi connectivity index (χ1) is 12.1. The summed E-state index contributed by atoms with van der Waals surface area (Å²) in [5.41, 5.74) is 0.968. The number of esters is 1. The number of aromatic nitrogens is 2. The molecular weight excluding hydrogens is 322 g/mol. The van der Waals surface area contributed by atoms with E-state index >= 15 is 0 Å². The number of hydrogen-bond donors (Lipinski definition) is 1. The fraction of sp³-hybridized carbons (Fsp3) is 0.111. The monoisotopic (exact) mass is 337 g/mol. The second-order valence-corrected chi connectivity index (χ2v) is 5.27. The van der Waals surface area contributed by atoms with Crippen LogP contribution in [0.3, 0.4) is 0 Å². The molecule has 0 aliphatic carbocycles. The number of fused-ring (bicyclic) bond motifs is 1. The molecule has 7 heteroatoms. The van der Waals surface area contributed by atoms with E-state index in [0.29, 0.717) is 16.6 Å². The van der Waals surface area contributed by atoms with Gasteiger partial charge in [0.25, 0.3) is 0 Å². The summed E-state index contributed by atoms with van der Waals surface area (Å²) in [6.45, 7) is -0.101. The maximum Gasteiger partial charge on any atom is 0.339 e. The predicted molar refractivity (Wildman–Crippen MR) is 92.4 cm³/mol. The third-order valence-corrected chi connectivity index (χ3v) is 3.66. The van der Waals surface area contributed by atoms with Crippen molar-refractivity contribution >= 4 is 28.5 Å². The molecule has 7 nitrogen and oxygen atoms in total. The fourth-order valence-corrected chi connectivity index (χ4v) is 2.49. The van der Waals surface area contributed by atoms with Crippen molar-refractivity contribution < 1.29 is 14.3 Å². The third kappa shape index (κ3) is 3.40. The minimum atomic E-state index is -0.539. The number of amides is 1. The van der Waals surface area contributed by atoms with Crippen LogP contribution in [0.4, 0.5) is 5.69 Å². The average Bonchev–Trinajstić information content (AvgIpc) is 2.64. The number of carbonyl (C=O) groups is 2. The molecule has 3 rings (SSSR count). The number of para-hydroxylation sites is 2. The molecule has 0 spiro atoms.